The van der Waals surface area contributed by atoms with Crippen LogP contribution in [0.4, 0.5) is 0 Å². The van der Waals surface area contributed by atoms with Gasteiger partial charge in [0.2, 0.25) is 5.75 Å². The Morgan fingerprint density at radius 2 is 0.606 bits per heavy atom. The Hall–Kier alpha value is -4.29. The van der Waals surface area contributed by atoms with Gasteiger partial charge in [-0.3, -0.25) is 14.4 Å². The lowest BCUT2D eigenvalue weighted by molar-refractivity contribution is 0.0321. The van der Waals surface area contributed by atoms with E-state index in [9.17, 15) is 14.4 Å². The van der Waals surface area contributed by atoms with Crippen LogP contribution in [0.5, 0.6) is 17.2 Å². The van der Waals surface area contributed by atoms with E-state index in [1.165, 1.54) is 40.3 Å². The van der Waals surface area contributed by atoms with E-state index < -0.39 is 0 Å². The number of ketones is 3. The first kappa shape index (κ1) is 59.7. The van der Waals surface area contributed by atoms with Gasteiger partial charge in [-0.15, -0.1) is 0 Å². The molecule has 3 N–H and O–H groups in total. The summed E-state index contributed by atoms with van der Waals surface area (Å²) in [5.41, 5.74) is 9.41. The summed E-state index contributed by atoms with van der Waals surface area (Å²) in [6, 6.07) is 11.1. The predicted molar refractivity (Wildman–Crippen MR) is 261 cm³/mol. The van der Waals surface area contributed by atoms with Crippen LogP contribution in [0.25, 0.3) is 0 Å². The summed E-state index contributed by atoms with van der Waals surface area (Å²) in [5.74, 6) is 1.33. The van der Waals surface area contributed by atoms with Gasteiger partial charge in [-0.25, -0.2) is 0 Å². The molecule has 0 spiro atoms. The Labute approximate surface area is 395 Å². The Balaban J connectivity index is 0.000000724. The van der Waals surface area contributed by atoms with Crippen LogP contribution < -0.4 is 30.2 Å². The van der Waals surface area contributed by atoms with Crippen LogP contribution in [0.1, 0.15) is 85.2 Å². The monoisotopic (exact) mass is 928 g/mol. The van der Waals surface area contributed by atoms with Crippen molar-refractivity contribution in [3.63, 3.8) is 0 Å². The molecule has 3 aromatic rings. The third-order valence-electron chi connectivity index (χ3n) is 10.1. The lowest BCUT2D eigenvalue weighted by atomic mass is 9.99. The zero-order valence-electron chi connectivity index (χ0n) is 42.1. The molecule has 15 nitrogen and oxygen atoms in total. The van der Waals surface area contributed by atoms with Crippen molar-refractivity contribution < 1.29 is 57.0 Å². The maximum Gasteiger partial charge on any atom is 0.203 e. The van der Waals surface area contributed by atoms with Crippen molar-refractivity contribution in [3.8, 4) is 17.2 Å². The molecule has 0 saturated heterocycles. The minimum absolute atomic E-state index is 0.122. The van der Waals surface area contributed by atoms with Gasteiger partial charge in [0, 0.05) is 36.3 Å². The molecule has 0 fully saturated rings. The number of nitrogens with one attached hydrogen (secondary N) is 3. The smallest absolute Gasteiger partial charge is 0.203 e. The molecule has 0 aliphatic rings. The molecule has 3 rings (SSSR count). The second-order valence-electron chi connectivity index (χ2n) is 15.5. The predicted octanol–water partition coefficient (Wildman–Crippen LogP) is 6.41. The lowest BCUT2D eigenvalue weighted by Crippen LogP contribution is -2.18. The fourth-order valence-corrected chi connectivity index (χ4v) is 5.73. The molecule has 0 saturated carbocycles. The molecule has 372 valence electrons. The van der Waals surface area contributed by atoms with Crippen molar-refractivity contribution in [3.05, 3.63) is 86.5 Å². The van der Waals surface area contributed by atoms with Gasteiger partial charge in [-0.2, -0.15) is 0 Å². The largest absolute Gasteiger partial charge is 0.487 e. The molecule has 66 heavy (non-hydrogen) atoms. The lowest BCUT2D eigenvalue weighted by Gasteiger charge is -2.18. The molecule has 0 aliphatic heterocycles. The average Bonchev–Trinajstić information content (AvgIpc) is 3.28. The van der Waals surface area contributed by atoms with Gasteiger partial charge in [-0.05, 0) is 153 Å². The topological polar surface area (TPSA) is 170 Å². The number of carbonyl (C=O) groups excluding carboxylic acids is 3. The maximum absolute atomic E-state index is 12.3. The molecule has 0 radical (unpaired) electrons. The van der Waals surface area contributed by atoms with Crippen molar-refractivity contribution in [1.29, 1.82) is 0 Å². The molecular formula is C51H81N3O12. The number of rotatable bonds is 33. The standard InChI is InChI=1S/C29H53N3O10.2C11H14O/c1-25(33)26-23-27(40-20-17-37-14-11-34-8-5-30-2)29(42-22-19-39-16-13-36-10-7-32-4)28(24-26)41-21-18-38-15-12-35-9-6-31-3;2*1-7-5-11(10(4)12)6-8(2)9(7)3/h23-24,30-32H,5-22H2,1-4H3;2*5-6H,1-4H3. The van der Waals surface area contributed by atoms with E-state index in [4.69, 9.17) is 42.6 Å². The minimum atomic E-state index is -0.122. The first-order valence-electron chi connectivity index (χ1n) is 22.8. The van der Waals surface area contributed by atoms with Gasteiger partial charge in [0.1, 0.15) is 19.8 Å². The zero-order valence-corrected chi connectivity index (χ0v) is 42.1. The van der Waals surface area contributed by atoms with Crippen LogP contribution in [0.2, 0.25) is 0 Å². The van der Waals surface area contributed by atoms with E-state index in [0.717, 1.165) is 30.8 Å². The third-order valence-corrected chi connectivity index (χ3v) is 10.1. The Morgan fingerprint density at radius 1 is 0.364 bits per heavy atom. The highest BCUT2D eigenvalue weighted by Gasteiger charge is 2.18. The van der Waals surface area contributed by atoms with E-state index in [-0.39, 0.29) is 37.2 Å². The normalized spacial score (nSPS) is 10.7. The van der Waals surface area contributed by atoms with Crippen molar-refractivity contribution >= 4 is 17.3 Å². The van der Waals surface area contributed by atoms with Crippen LogP contribution >= 0.6 is 0 Å². The number of likely N-dealkylation sites (N-methyl/N-ethyl adjacent to an activating group) is 3. The number of Topliss-reactive ketones (excluding diaryl/α,β-unsaturated/α-hetero) is 3. The molecule has 0 bridgehead atoms. The summed E-state index contributed by atoms with van der Waals surface area (Å²) in [6.07, 6.45) is 0. The highest BCUT2D eigenvalue weighted by atomic mass is 16.6. The van der Waals surface area contributed by atoms with Gasteiger partial charge < -0.3 is 58.6 Å². The molecule has 0 unspecified atom stereocenters. The number of benzene rings is 3. The summed E-state index contributed by atoms with van der Waals surface area (Å²) in [7, 11) is 5.63. The molecule has 0 heterocycles. The molecule has 15 heteroatoms. The first-order valence-corrected chi connectivity index (χ1v) is 22.8. The molecular weight excluding hydrogens is 847 g/mol. The first-order chi connectivity index (χ1) is 31.7. The van der Waals surface area contributed by atoms with Gasteiger partial charge in [0.05, 0.1) is 79.3 Å². The number of hydrogen-bond donors (Lipinski definition) is 3. The van der Waals surface area contributed by atoms with Crippen molar-refractivity contribution in [2.45, 2.75) is 62.3 Å². The SMILES string of the molecule is CC(=O)c1cc(C)c(C)c(C)c1.CC(=O)c1cc(C)c(C)c(C)c1.CNCCOCCOCCOc1cc(C(C)=O)cc(OCCOCCOCCNC)c1OCCOCCOCCNC. The Bertz CT molecular complexity index is 1680. The average molecular weight is 928 g/mol. The molecule has 0 aliphatic carbocycles. The summed E-state index contributed by atoms with van der Waals surface area (Å²) in [6.45, 7) is 25.9. The van der Waals surface area contributed by atoms with Gasteiger partial charge in [-0.1, -0.05) is 0 Å². The molecule has 3 aromatic carbocycles. The third kappa shape index (κ3) is 26.2. The molecule has 0 amide bonds. The number of ether oxygens (including phenoxy) is 9. The van der Waals surface area contributed by atoms with Crippen LogP contribution in [0.15, 0.2) is 36.4 Å². The maximum atomic E-state index is 12.3. The van der Waals surface area contributed by atoms with Gasteiger partial charge in [0.15, 0.2) is 28.8 Å². The fourth-order valence-electron chi connectivity index (χ4n) is 5.73. The molecule has 0 atom stereocenters. The highest BCUT2D eigenvalue weighted by molar-refractivity contribution is 5.96. The quantitative estimate of drug-likeness (QED) is 0.0452. The summed E-state index contributed by atoms with van der Waals surface area (Å²) >= 11 is 0. The van der Waals surface area contributed by atoms with Crippen molar-refractivity contribution in [1.82, 2.24) is 16.0 Å². The summed E-state index contributed by atoms with van der Waals surface area (Å²) in [5, 5.41) is 9.07. The van der Waals surface area contributed by atoms with E-state index in [2.05, 4.69) is 29.8 Å². The van der Waals surface area contributed by atoms with E-state index in [0.29, 0.717) is 102 Å². The second kappa shape index (κ2) is 36.8. The summed E-state index contributed by atoms with van der Waals surface area (Å²) in [4.78, 5) is 34.4. The van der Waals surface area contributed by atoms with Gasteiger partial charge >= 0.3 is 0 Å². The summed E-state index contributed by atoms with van der Waals surface area (Å²) < 4.78 is 51.2. The van der Waals surface area contributed by atoms with E-state index in [1.54, 1.807) is 26.0 Å². The second-order valence-corrected chi connectivity index (χ2v) is 15.5. The van der Waals surface area contributed by atoms with Crippen molar-refractivity contribution in [2.75, 3.05) is 140 Å². The number of aryl methyl sites for hydroxylation is 4. The van der Waals surface area contributed by atoms with Crippen LogP contribution in [-0.4, -0.2) is 157 Å². The highest BCUT2D eigenvalue weighted by Crippen LogP contribution is 2.39. The Kier molecular flexibility index (Phi) is 33.3. The number of carbonyl (C=O) groups is 3. The van der Waals surface area contributed by atoms with Gasteiger partial charge in [0.25, 0.3) is 0 Å². The van der Waals surface area contributed by atoms with E-state index >= 15 is 0 Å². The fraction of sp³-hybridized carbons (Fsp3) is 0.588. The van der Waals surface area contributed by atoms with Crippen LogP contribution in [0.3, 0.4) is 0 Å². The van der Waals surface area contributed by atoms with E-state index in [1.807, 2.05) is 73.1 Å². The van der Waals surface area contributed by atoms with Crippen LogP contribution in [-0.2, 0) is 28.4 Å². The van der Waals surface area contributed by atoms with Crippen molar-refractivity contribution in [2.24, 2.45) is 0 Å². The zero-order chi connectivity index (χ0) is 49.1. The Morgan fingerprint density at radius 3 is 0.879 bits per heavy atom. The molecule has 0 aromatic heterocycles. The van der Waals surface area contributed by atoms with Crippen LogP contribution in [0, 0.1) is 41.5 Å². The minimum Gasteiger partial charge on any atom is -0.487 e. The number of hydrogen-bond acceptors (Lipinski definition) is 15.